The summed E-state index contributed by atoms with van der Waals surface area (Å²) in [5.74, 6) is -3.36. The van der Waals surface area contributed by atoms with Gasteiger partial charge in [-0.15, -0.1) is 0 Å². The Morgan fingerprint density at radius 2 is 1.67 bits per heavy atom. The second-order valence-corrected chi connectivity index (χ2v) is 6.50. The summed E-state index contributed by atoms with van der Waals surface area (Å²) < 4.78 is 5.02. The van der Waals surface area contributed by atoms with Crippen LogP contribution in [0.25, 0.3) is 0 Å². The fraction of sp³-hybridized carbons (Fsp3) is 0.471. The molecule has 0 aliphatic carbocycles. The van der Waals surface area contributed by atoms with E-state index < -0.39 is 35.6 Å². The van der Waals surface area contributed by atoms with E-state index in [0.29, 0.717) is 0 Å². The Kier molecular flexibility index (Phi) is 6.76. The highest BCUT2D eigenvalue weighted by Crippen LogP contribution is 2.16. The second kappa shape index (κ2) is 8.33. The van der Waals surface area contributed by atoms with Crippen LogP contribution >= 0.6 is 0 Å². The predicted octanol–water partition coefficient (Wildman–Crippen LogP) is 2.30. The van der Waals surface area contributed by atoms with Gasteiger partial charge in [-0.3, -0.25) is 4.79 Å². The van der Waals surface area contributed by atoms with Crippen molar-refractivity contribution < 1.29 is 29.3 Å². The van der Waals surface area contributed by atoms with Gasteiger partial charge in [0.25, 0.3) is 0 Å². The van der Waals surface area contributed by atoms with Gasteiger partial charge < -0.3 is 20.3 Å². The van der Waals surface area contributed by atoms with Gasteiger partial charge in [0.1, 0.15) is 11.6 Å². The Hall–Kier alpha value is -2.57. The molecule has 1 aromatic rings. The summed E-state index contributed by atoms with van der Waals surface area (Å²) in [6.07, 6.45) is -0.951. The molecule has 1 rings (SSSR count). The maximum absolute atomic E-state index is 11.7. The first-order chi connectivity index (χ1) is 11.1. The third-order valence-electron chi connectivity index (χ3n) is 3.18. The van der Waals surface area contributed by atoms with Crippen LogP contribution in [0, 0.1) is 5.92 Å². The van der Waals surface area contributed by atoms with Crippen LogP contribution in [0.1, 0.15) is 32.8 Å². The van der Waals surface area contributed by atoms with Gasteiger partial charge in [-0.1, -0.05) is 30.3 Å². The van der Waals surface area contributed by atoms with E-state index in [1.54, 1.807) is 45.0 Å². The van der Waals surface area contributed by atoms with E-state index in [1.165, 1.54) is 0 Å². The lowest BCUT2D eigenvalue weighted by Crippen LogP contribution is -2.45. The van der Waals surface area contributed by atoms with E-state index >= 15 is 0 Å². The SMILES string of the molecule is CC(C)(C)OC(=O)NC(CC(Cc1ccccc1)C(=O)O)C(=O)O. The normalized spacial score (nSPS) is 13.6. The number of carboxylic acids is 2. The molecule has 0 bridgehead atoms. The number of ether oxygens (including phenoxy) is 1. The van der Waals surface area contributed by atoms with Gasteiger partial charge >= 0.3 is 18.0 Å². The van der Waals surface area contributed by atoms with Crippen molar-refractivity contribution >= 4 is 18.0 Å². The Morgan fingerprint density at radius 1 is 1.08 bits per heavy atom. The maximum Gasteiger partial charge on any atom is 0.408 e. The molecule has 1 aromatic carbocycles. The standard InChI is InChI=1S/C17H23NO6/c1-17(2,3)24-16(23)18-13(15(21)22)10-12(14(19)20)9-11-7-5-4-6-8-11/h4-8,12-13H,9-10H2,1-3H3,(H,18,23)(H,19,20)(H,21,22). The van der Waals surface area contributed by atoms with Crippen LogP contribution in [-0.2, 0) is 20.7 Å². The van der Waals surface area contributed by atoms with Crippen molar-refractivity contribution in [1.82, 2.24) is 5.32 Å². The Bertz CT molecular complexity index is 578. The van der Waals surface area contributed by atoms with Gasteiger partial charge in [0.15, 0.2) is 0 Å². The number of amides is 1. The molecule has 3 N–H and O–H groups in total. The molecule has 2 atom stereocenters. The van der Waals surface area contributed by atoms with E-state index in [4.69, 9.17) is 4.74 Å². The third-order valence-corrected chi connectivity index (χ3v) is 3.18. The van der Waals surface area contributed by atoms with Crippen LogP contribution in [0.2, 0.25) is 0 Å². The van der Waals surface area contributed by atoms with Crippen LogP contribution in [0.5, 0.6) is 0 Å². The molecule has 0 heterocycles. The summed E-state index contributed by atoms with van der Waals surface area (Å²) in [4.78, 5) is 34.5. The smallest absolute Gasteiger partial charge is 0.408 e. The summed E-state index contributed by atoms with van der Waals surface area (Å²) in [5, 5.41) is 20.8. The number of alkyl carbamates (subject to hydrolysis) is 1. The molecule has 0 saturated heterocycles. The molecule has 7 heteroatoms. The summed E-state index contributed by atoms with van der Waals surface area (Å²) in [7, 11) is 0. The van der Waals surface area contributed by atoms with Crippen molar-refractivity contribution in [3.8, 4) is 0 Å². The zero-order valence-electron chi connectivity index (χ0n) is 14.0. The summed E-state index contributed by atoms with van der Waals surface area (Å²) in [6.45, 7) is 4.95. The number of nitrogens with one attached hydrogen (secondary N) is 1. The molecule has 0 radical (unpaired) electrons. The Balaban J connectivity index is 2.77. The number of hydrogen-bond donors (Lipinski definition) is 3. The van der Waals surface area contributed by atoms with E-state index in [9.17, 15) is 24.6 Å². The van der Waals surface area contributed by atoms with Gasteiger partial charge in [0.2, 0.25) is 0 Å². The van der Waals surface area contributed by atoms with Crippen molar-refractivity contribution in [1.29, 1.82) is 0 Å². The molecule has 0 aliphatic rings. The molecule has 0 fully saturated rings. The molecule has 0 saturated carbocycles. The maximum atomic E-state index is 11.7. The van der Waals surface area contributed by atoms with E-state index in [0.717, 1.165) is 5.56 Å². The average molecular weight is 337 g/mol. The van der Waals surface area contributed by atoms with Gasteiger partial charge in [-0.05, 0) is 39.2 Å². The monoisotopic (exact) mass is 337 g/mol. The average Bonchev–Trinajstić information content (AvgIpc) is 2.44. The quantitative estimate of drug-likeness (QED) is 0.703. The summed E-state index contributed by atoms with van der Waals surface area (Å²) >= 11 is 0. The minimum absolute atomic E-state index is 0.177. The minimum atomic E-state index is -1.34. The molecule has 132 valence electrons. The number of benzene rings is 1. The highest BCUT2D eigenvalue weighted by atomic mass is 16.6. The molecule has 2 unspecified atom stereocenters. The first-order valence-electron chi connectivity index (χ1n) is 7.57. The predicted molar refractivity (Wildman–Crippen MR) is 86.7 cm³/mol. The summed E-state index contributed by atoms with van der Waals surface area (Å²) in [5.41, 5.74) is 0.00919. The zero-order valence-corrected chi connectivity index (χ0v) is 14.0. The fourth-order valence-corrected chi connectivity index (χ4v) is 2.13. The van der Waals surface area contributed by atoms with E-state index in [1.807, 2.05) is 6.07 Å². The third kappa shape index (κ3) is 7.13. The molecule has 1 amide bonds. The largest absolute Gasteiger partial charge is 0.481 e. The van der Waals surface area contributed by atoms with Crippen molar-refractivity contribution in [3.63, 3.8) is 0 Å². The van der Waals surface area contributed by atoms with Crippen LogP contribution in [-0.4, -0.2) is 39.9 Å². The fourth-order valence-electron chi connectivity index (χ4n) is 2.13. The lowest BCUT2D eigenvalue weighted by atomic mass is 9.93. The first kappa shape index (κ1) is 19.5. The van der Waals surface area contributed by atoms with Crippen molar-refractivity contribution in [2.75, 3.05) is 0 Å². The lowest BCUT2D eigenvalue weighted by Gasteiger charge is -2.23. The molecule has 0 aliphatic heterocycles. The number of carboxylic acid groups (broad SMARTS) is 2. The highest BCUT2D eigenvalue weighted by molar-refractivity contribution is 5.81. The first-order valence-corrected chi connectivity index (χ1v) is 7.57. The van der Waals surface area contributed by atoms with E-state index in [2.05, 4.69) is 5.32 Å². The minimum Gasteiger partial charge on any atom is -0.481 e. The Morgan fingerprint density at radius 3 is 2.12 bits per heavy atom. The number of carbonyl (C=O) groups is 3. The van der Waals surface area contributed by atoms with Gasteiger partial charge in [0.05, 0.1) is 5.92 Å². The topological polar surface area (TPSA) is 113 Å². The molecular formula is C17H23NO6. The Labute approximate surface area is 140 Å². The lowest BCUT2D eigenvalue weighted by molar-refractivity contribution is -0.144. The number of hydrogen-bond acceptors (Lipinski definition) is 4. The van der Waals surface area contributed by atoms with Crippen molar-refractivity contribution in [2.24, 2.45) is 5.92 Å². The van der Waals surface area contributed by atoms with Crippen LogP contribution in [0.15, 0.2) is 30.3 Å². The van der Waals surface area contributed by atoms with Crippen molar-refractivity contribution in [2.45, 2.75) is 45.3 Å². The van der Waals surface area contributed by atoms with Crippen LogP contribution in [0.3, 0.4) is 0 Å². The number of rotatable bonds is 7. The zero-order chi connectivity index (χ0) is 18.3. The second-order valence-electron chi connectivity index (χ2n) is 6.50. The number of carbonyl (C=O) groups excluding carboxylic acids is 1. The molecule has 0 spiro atoms. The van der Waals surface area contributed by atoms with Crippen LogP contribution < -0.4 is 5.32 Å². The molecule has 24 heavy (non-hydrogen) atoms. The summed E-state index contributed by atoms with van der Waals surface area (Å²) in [6, 6.07) is 7.57. The van der Waals surface area contributed by atoms with Gasteiger partial charge in [-0.2, -0.15) is 0 Å². The van der Waals surface area contributed by atoms with Crippen LogP contribution in [0.4, 0.5) is 4.79 Å². The van der Waals surface area contributed by atoms with Crippen molar-refractivity contribution in [3.05, 3.63) is 35.9 Å². The van der Waals surface area contributed by atoms with E-state index in [-0.39, 0.29) is 12.8 Å². The van der Waals surface area contributed by atoms with Gasteiger partial charge in [-0.25, -0.2) is 9.59 Å². The molecule has 7 nitrogen and oxygen atoms in total. The highest BCUT2D eigenvalue weighted by Gasteiger charge is 2.30. The van der Waals surface area contributed by atoms with Gasteiger partial charge in [0, 0.05) is 0 Å². The molecule has 0 aromatic heterocycles. The number of aliphatic carboxylic acids is 2. The molecular weight excluding hydrogens is 314 g/mol.